The molecule has 1 heterocycles. The SMILES string of the molecule is Cc1ccc(S(=O)(=O)N2CC[C@@H](Sc3ccccc3)[C@@H]2c2ccccc2)cc1. The summed E-state index contributed by atoms with van der Waals surface area (Å²) in [4.78, 5) is 1.53. The van der Waals surface area contributed by atoms with Gasteiger partial charge < -0.3 is 0 Å². The number of thioether (sulfide) groups is 1. The molecule has 0 amide bonds. The highest BCUT2D eigenvalue weighted by molar-refractivity contribution is 8.00. The van der Waals surface area contributed by atoms with Crippen molar-refractivity contribution in [3.8, 4) is 0 Å². The number of hydrogen-bond acceptors (Lipinski definition) is 3. The zero-order valence-corrected chi connectivity index (χ0v) is 17.4. The molecule has 3 nitrogen and oxygen atoms in total. The topological polar surface area (TPSA) is 37.4 Å². The first kappa shape index (κ1) is 19.2. The quantitative estimate of drug-likeness (QED) is 0.574. The van der Waals surface area contributed by atoms with Gasteiger partial charge in [-0.25, -0.2) is 8.42 Å². The van der Waals surface area contributed by atoms with Gasteiger partial charge >= 0.3 is 0 Å². The number of aryl methyl sites for hydroxylation is 1. The molecule has 4 rings (SSSR count). The lowest BCUT2D eigenvalue weighted by molar-refractivity contribution is 0.399. The first-order valence-electron chi connectivity index (χ1n) is 9.41. The van der Waals surface area contributed by atoms with E-state index in [1.807, 2.05) is 67.6 Å². The van der Waals surface area contributed by atoms with E-state index in [1.165, 1.54) is 4.90 Å². The molecule has 144 valence electrons. The predicted octanol–water partition coefficient (Wildman–Crippen LogP) is 5.29. The number of benzene rings is 3. The third-order valence-electron chi connectivity index (χ3n) is 5.10. The molecular formula is C23H23NO2S2. The summed E-state index contributed by atoms with van der Waals surface area (Å²) in [6, 6.07) is 27.2. The van der Waals surface area contributed by atoms with E-state index in [9.17, 15) is 8.42 Å². The molecule has 0 saturated carbocycles. The van der Waals surface area contributed by atoms with Crippen molar-refractivity contribution in [2.45, 2.75) is 34.4 Å². The van der Waals surface area contributed by atoms with E-state index in [2.05, 4.69) is 12.1 Å². The van der Waals surface area contributed by atoms with Gasteiger partial charge in [0.2, 0.25) is 10.0 Å². The molecule has 3 aromatic carbocycles. The van der Waals surface area contributed by atoms with Gasteiger partial charge in [-0.05, 0) is 43.2 Å². The first-order valence-corrected chi connectivity index (χ1v) is 11.7. The third-order valence-corrected chi connectivity index (χ3v) is 8.33. The van der Waals surface area contributed by atoms with E-state index < -0.39 is 10.0 Å². The second-order valence-corrected chi connectivity index (χ2v) is 10.2. The Bertz CT molecular complexity index is 1020. The van der Waals surface area contributed by atoms with Crippen LogP contribution in [-0.2, 0) is 10.0 Å². The zero-order chi connectivity index (χ0) is 19.6. The number of hydrogen-bond donors (Lipinski definition) is 0. The molecular weight excluding hydrogens is 386 g/mol. The molecule has 0 spiro atoms. The van der Waals surface area contributed by atoms with Gasteiger partial charge in [0, 0.05) is 16.7 Å². The van der Waals surface area contributed by atoms with Gasteiger partial charge in [-0.1, -0.05) is 66.2 Å². The molecule has 28 heavy (non-hydrogen) atoms. The average molecular weight is 410 g/mol. The van der Waals surface area contributed by atoms with Gasteiger partial charge in [0.25, 0.3) is 0 Å². The minimum atomic E-state index is -3.56. The fourth-order valence-corrected chi connectivity index (χ4v) is 6.74. The molecule has 0 N–H and O–H groups in total. The molecule has 1 aliphatic rings. The lowest BCUT2D eigenvalue weighted by Gasteiger charge is -2.28. The van der Waals surface area contributed by atoms with Crippen LogP contribution in [-0.4, -0.2) is 24.5 Å². The minimum Gasteiger partial charge on any atom is -0.207 e. The second-order valence-electron chi connectivity index (χ2n) is 7.04. The smallest absolute Gasteiger partial charge is 0.207 e. The summed E-state index contributed by atoms with van der Waals surface area (Å²) in [5.74, 6) is 0. The molecule has 2 atom stereocenters. The van der Waals surface area contributed by atoms with Crippen LogP contribution >= 0.6 is 11.8 Å². The maximum atomic E-state index is 13.4. The number of sulfonamides is 1. The number of nitrogens with zero attached hydrogens (tertiary/aromatic N) is 1. The van der Waals surface area contributed by atoms with Gasteiger partial charge in [0.05, 0.1) is 10.9 Å². The van der Waals surface area contributed by atoms with E-state index in [0.717, 1.165) is 17.5 Å². The van der Waals surface area contributed by atoms with E-state index in [-0.39, 0.29) is 11.3 Å². The molecule has 0 bridgehead atoms. The van der Waals surface area contributed by atoms with Gasteiger partial charge in [0.15, 0.2) is 0 Å². The Morgan fingerprint density at radius 3 is 2.11 bits per heavy atom. The largest absolute Gasteiger partial charge is 0.243 e. The molecule has 1 aliphatic heterocycles. The molecule has 1 saturated heterocycles. The highest BCUT2D eigenvalue weighted by atomic mass is 32.2. The van der Waals surface area contributed by atoms with Crippen molar-refractivity contribution >= 4 is 21.8 Å². The first-order chi connectivity index (χ1) is 13.6. The molecule has 0 aromatic heterocycles. The Hall–Kier alpha value is -2.08. The van der Waals surface area contributed by atoms with Gasteiger partial charge in [-0.2, -0.15) is 4.31 Å². The Kier molecular flexibility index (Phi) is 5.58. The normalized spacial score (nSPS) is 20.3. The molecule has 5 heteroatoms. The van der Waals surface area contributed by atoms with Crippen molar-refractivity contribution in [1.82, 2.24) is 4.31 Å². The van der Waals surface area contributed by atoms with Crippen LogP contribution in [0.15, 0.2) is 94.7 Å². The average Bonchev–Trinajstić information content (AvgIpc) is 3.14. The standard InChI is InChI=1S/C23H23NO2S2/c1-18-12-14-21(15-13-18)28(25,26)24-17-16-22(27-20-10-6-3-7-11-20)23(24)19-8-4-2-5-9-19/h2-15,22-23H,16-17H2,1H3/t22-,23+/m1/s1. The number of rotatable bonds is 5. The zero-order valence-electron chi connectivity index (χ0n) is 15.7. The summed E-state index contributed by atoms with van der Waals surface area (Å²) >= 11 is 1.77. The summed E-state index contributed by atoms with van der Waals surface area (Å²) in [5, 5.41) is 0.171. The van der Waals surface area contributed by atoms with Crippen LogP contribution in [0, 0.1) is 6.92 Å². The monoisotopic (exact) mass is 409 g/mol. The van der Waals surface area contributed by atoms with E-state index >= 15 is 0 Å². The highest BCUT2D eigenvalue weighted by Gasteiger charge is 2.42. The summed E-state index contributed by atoms with van der Waals surface area (Å²) < 4.78 is 28.6. The fraction of sp³-hybridized carbons (Fsp3) is 0.217. The van der Waals surface area contributed by atoms with Crippen molar-refractivity contribution in [1.29, 1.82) is 0 Å². The third kappa shape index (κ3) is 3.88. The molecule has 0 aliphatic carbocycles. The van der Waals surface area contributed by atoms with E-state index in [1.54, 1.807) is 28.2 Å². The Morgan fingerprint density at radius 1 is 0.857 bits per heavy atom. The van der Waals surface area contributed by atoms with Crippen LogP contribution in [0.2, 0.25) is 0 Å². The molecule has 0 radical (unpaired) electrons. The van der Waals surface area contributed by atoms with Gasteiger partial charge in [-0.3, -0.25) is 0 Å². The van der Waals surface area contributed by atoms with Crippen LogP contribution in [0.1, 0.15) is 23.6 Å². The van der Waals surface area contributed by atoms with Crippen molar-refractivity contribution in [3.05, 3.63) is 96.1 Å². The Balaban J connectivity index is 1.71. The van der Waals surface area contributed by atoms with Crippen molar-refractivity contribution < 1.29 is 8.42 Å². The van der Waals surface area contributed by atoms with Crippen molar-refractivity contribution in [2.75, 3.05) is 6.54 Å². The summed E-state index contributed by atoms with van der Waals surface area (Å²) in [6.07, 6.45) is 0.824. The van der Waals surface area contributed by atoms with Gasteiger partial charge in [0.1, 0.15) is 0 Å². The molecule has 0 unspecified atom stereocenters. The van der Waals surface area contributed by atoms with Crippen LogP contribution in [0.25, 0.3) is 0 Å². The summed E-state index contributed by atoms with van der Waals surface area (Å²) in [7, 11) is -3.56. The molecule has 1 fully saturated rings. The van der Waals surface area contributed by atoms with Crippen molar-refractivity contribution in [2.24, 2.45) is 0 Å². The lowest BCUT2D eigenvalue weighted by Crippen LogP contribution is -2.32. The fourth-order valence-electron chi connectivity index (χ4n) is 3.68. The Morgan fingerprint density at radius 2 is 1.46 bits per heavy atom. The maximum Gasteiger partial charge on any atom is 0.243 e. The van der Waals surface area contributed by atoms with E-state index in [4.69, 9.17) is 0 Å². The maximum absolute atomic E-state index is 13.4. The predicted molar refractivity (Wildman–Crippen MR) is 115 cm³/mol. The summed E-state index contributed by atoms with van der Waals surface area (Å²) in [5.41, 5.74) is 2.10. The van der Waals surface area contributed by atoms with Crippen LogP contribution < -0.4 is 0 Å². The Labute approximate surface area is 171 Å². The van der Waals surface area contributed by atoms with Crippen LogP contribution in [0.5, 0.6) is 0 Å². The van der Waals surface area contributed by atoms with Gasteiger partial charge in [-0.15, -0.1) is 11.8 Å². The summed E-state index contributed by atoms with van der Waals surface area (Å²) in [6.45, 7) is 2.49. The lowest BCUT2D eigenvalue weighted by atomic mass is 10.1. The van der Waals surface area contributed by atoms with Crippen LogP contribution in [0.4, 0.5) is 0 Å². The second kappa shape index (κ2) is 8.11. The van der Waals surface area contributed by atoms with E-state index in [0.29, 0.717) is 11.4 Å². The van der Waals surface area contributed by atoms with Crippen LogP contribution in [0.3, 0.4) is 0 Å². The highest BCUT2D eigenvalue weighted by Crippen LogP contribution is 2.44. The van der Waals surface area contributed by atoms with Crippen molar-refractivity contribution in [3.63, 3.8) is 0 Å². The minimum absolute atomic E-state index is 0.171. The molecule has 3 aromatic rings.